The van der Waals surface area contributed by atoms with Gasteiger partial charge in [-0.05, 0) is 61.9 Å². The SMILES string of the molecule is O=C(O)c1ccc(N2CCC(n3ncc(C(=O)N4CCC(c5ccccc5C(F)(F)F)C4)c3C3CC3)CC2)c(F)c1. The van der Waals surface area contributed by atoms with Gasteiger partial charge in [0.05, 0.1) is 40.3 Å². The van der Waals surface area contributed by atoms with Crippen molar-refractivity contribution < 1.29 is 32.3 Å². The van der Waals surface area contributed by atoms with Crippen LogP contribution in [0.4, 0.5) is 23.2 Å². The Hall–Kier alpha value is -3.89. The molecule has 0 spiro atoms. The molecule has 6 rings (SSSR count). The van der Waals surface area contributed by atoms with Crippen LogP contribution in [0.3, 0.4) is 0 Å². The third-order valence-electron chi connectivity index (χ3n) is 8.56. The third kappa shape index (κ3) is 5.29. The second-order valence-electron chi connectivity index (χ2n) is 11.2. The van der Waals surface area contributed by atoms with Gasteiger partial charge in [0, 0.05) is 38.0 Å². The number of carboxylic acids is 1. The number of halogens is 4. The van der Waals surface area contributed by atoms with E-state index in [1.807, 2.05) is 9.58 Å². The first-order valence-electron chi connectivity index (χ1n) is 13.9. The first kappa shape index (κ1) is 27.3. The van der Waals surface area contributed by atoms with E-state index in [0.29, 0.717) is 50.1 Å². The first-order chi connectivity index (χ1) is 19.6. The molecule has 2 saturated heterocycles. The predicted molar refractivity (Wildman–Crippen MR) is 143 cm³/mol. The summed E-state index contributed by atoms with van der Waals surface area (Å²) < 4.78 is 57.4. The highest BCUT2D eigenvalue weighted by atomic mass is 19.4. The fourth-order valence-electron chi connectivity index (χ4n) is 6.32. The molecule has 11 heteroatoms. The summed E-state index contributed by atoms with van der Waals surface area (Å²) in [5.41, 5.74) is 1.27. The van der Waals surface area contributed by atoms with Crippen LogP contribution < -0.4 is 4.90 Å². The van der Waals surface area contributed by atoms with Crippen molar-refractivity contribution in [3.63, 3.8) is 0 Å². The van der Waals surface area contributed by atoms with Crippen molar-refractivity contribution in [2.45, 2.75) is 56.2 Å². The van der Waals surface area contributed by atoms with Crippen molar-refractivity contribution in [1.29, 1.82) is 0 Å². The average molecular weight is 571 g/mol. The summed E-state index contributed by atoms with van der Waals surface area (Å²) in [6.45, 7) is 1.71. The number of likely N-dealkylation sites (tertiary alicyclic amines) is 1. The number of benzene rings is 2. The number of amides is 1. The van der Waals surface area contributed by atoms with Gasteiger partial charge < -0.3 is 14.9 Å². The van der Waals surface area contributed by atoms with Crippen LogP contribution in [0.2, 0.25) is 0 Å². The highest BCUT2D eigenvalue weighted by molar-refractivity contribution is 5.95. The minimum absolute atomic E-state index is 0.0229. The molecule has 1 aromatic heterocycles. The van der Waals surface area contributed by atoms with Gasteiger partial charge in [-0.3, -0.25) is 9.48 Å². The minimum Gasteiger partial charge on any atom is -0.478 e. The second-order valence-corrected chi connectivity index (χ2v) is 11.2. The molecule has 2 aromatic carbocycles. The zero-order chi connectivity index (χ0) is 28.9. The Labute approximate surface area is 234 Å². The number of carboxylic acid groups (broad SMARTS) is 1. The molecule has 41 heavy (non-hydrogen) atoms. The number of hydrogen-bond acceptors (Lipinski definition) is 4. The van der Waals surface area contributed by atoms with E-state index in [-0.39, 0.29) is 41.5 Å². The molecule has 3 fully saturated rings. The van der Waals surface area contributed by atoms with Gasteiger partial charge in [0.1, 0.15) is 5.82 Å². The maximum Gasteiger partial charge on any atom is 0.416 e. The van der Waals surface area contributed by atoms with Crippen LogP contribution in [0.15, 0.2) is 48.7 Å². The molecule has 2 aliphatic heterocycles. The lowest BCUT2D eigenvalue weighted by Gasteiger charge is -2.34. The normalized spacial score (nSPS) is 20.0. The summed E-state index contributed by atoms with van der Waals surface area (Å²) in [7, 11) is 0. The smallest absolute Gasteiger partial charge is 0.416 e. The number of aromatic nitrogens is 2. The van der Waals surface area contributed by atoms with Crippen molar-refractivity contribution in [3.8, 4) is 0 Å². The van der Waals surface area contributed by atoms with Gasteiger partial charge in [-0.2, -0.15) is 18.3 Å². The van der Waals surface area contributed by atoms with Gasteiger partial charge in [0.15, 0.2) is 0 Å². The van der Waals surface area contributed by atoms with Crippen molar-refractivity contribution in [1.82, 2.24) is 14.7 Å². The van der Waals surface area contributed by atoms with Crippen LogP contribution in [0, 0.1) is 5.82 Å². The van der Waals surface area contributed by atoms with Gasteiger partial charge in [0.25, 0.3) is 5.91 Å². The molecule has 3 heterocycles. The fourth-order valence-corrected chi connectivity index (χ4v) is 6.32. The van der Waals surface area contributed by atoms with Gasteiger partial charge in [-0.1, -0.05) is 18.2 Å². The van der Waals surface area contributed by atoms with E-state index in [4.69, 9.17) is 5.11 Å². The van der Waals surface area contributed by atoms with E-state index < -0.39 is 23.5 Å². The summed E-state index contributed by atoms with van der Waals surface area (Å²) in [5.74, 6) is -2.11. The maximum absolute atomic E-state index is 14.6. The summed E-state index contributed by atoms with van der Waals surface area (Å²) in [5, 5.41) is 13.7. The quantitative estimate of drug-likeness (QED) is 0.363. The molecule has 3 aliphatic rings. The van der Waals surface area contributed by atoms with E-state index in [0.717, 1.165) is 30.7 Å². The molecule has 1 unspecified atom stereocenters. The molecule has 216 valence electrons. The molecule has 0 radical (unpaired) electrons. The van der Waals surface area contributed by atoms with E-state index in [1.54, 1.807) is 17.2 Å². The number of alkyl halides is 3. The number of rotatable bonds is 6. The Bertz CT molecular complexity index is 1470. The van der Waals surface area contributed by atoms with Crippen LogP contribution in [-0.4, -0.2) is 57.8 Å². The molecular formula is C30H30F4N4O3. The number of carbonyl (C=O) groups is 2. The zero-order valence-corrected chi connectivity index (χ0v) is 22.3. The lowest BCUT2D eigenvalue weighted by molar-refractivity contribution is -0.138. The number of piperidine rings is 1. The van der Waals surface area contributed by atoms with Gasteiger partial charge >= 0.3 is 12.1 Å². The van der Waals surface area contributed by atoms with Gasteiger partial charge in [-0.15, -0.1) is 0 Å². The van der Waals surface area contributed by atoms with Crippen LogP contribution in [0.5, 0.6) is 0 Å². The molecule has 1 N–H and O–H groups in total. The van der Waals surface area contributed by atoms with E-state index in [2.05, 4.69) is 5.10 Å². The monoisotopic (exact) mass is 570 g/mol. The molecule has 1 aliphatic carbocycles. The third-order valence-corrected chi connectivity index (χ3v) is 8.56. The molecule has 3 aromatic rings. The van der Waals surface area contributed by atoms with Crippen molar-refractivity contribution in [2.75, 3.05) is 31.1 Å². The highest BCUT2D eigenvalue weighted by Gasteiger charge is 2.40. The Morgan fingerprint density at radius 3 is 2.32 bits per heavy atom. The lowest BCUT2D eigenvalue weighted by atomic mass is 9.93. The molecule has 1 amide bonds. The van der Waals surface area contributed by atoms with Crippen LogP contribution in [0.1, 0.15) is 87.5 Å². The van der Waals surface area contributed by atoms with Crippen molar-refractivity contribution in [3.05, 3.63) is 82.4 Å². The number of hydrogen-bond donors (Lipinski definition) is 1. The van der Waals surface area contributed by atoms with E-state index in [9.17, 15) is 27.2 Å². The molecule has 1 saturated carbocycles. The fraction of sp³-hybridized carbons (Fsp3) is 0.433. The van der Waals surface area contributed by atoms with Crippen molar-refractivity contribution >= 4 is 17.6 Å². The Morgan fingerprint density at radius 1 is 0.927 bits per heavy atom. The van der Waals surface area contributed by atoms with Crippen LogP contribution >= 0.6 is 0 Å². The standard InChI is InChI=1S/C30H30F4N4O3/c31-25-15-19(29(40)41)7-8-26(25)36-13-10-21(11-14-36)38-27(18-5-6-18)23(16-35-38)28(39)37-12-9-20(17-37)22-3-1-2-4-24(22)30(32,33)34/h1-4,7-8,15-16,18,20-21H,5-6,9-14,17H2,(H,40,41). The van der Waals surface area contributed by atoms with Crippen LogP contribution in [0.25, 0.3) is 0 Å². The number of nitrogens with zero attached hydrogens (tertiary/aromatic N) is 4. The first-order valence-corrected chi connectivity index (χ1v) is 13.9. The largest absolute Gasteiger partial charge is 0.478 e. The molecule has 0 bridgehead atoms. The Morgan fingerprint density at radius 2 is 1.66 bits per heavy atom. The highest BCUT2D eigenvalue weighted by Crippen LogP contribution is 2.45. The second kappa shape index (κ2) is 10.5. The van der Waals surface area contributed by atoms with Crippen LogP contribution in [-0.2, 0) is 6.18 Å². The zero-order valence-electron chi connectivity index (χ0n) is 22.3. The number of anilines is 1. The Kier molecular flexibility index (Phi) is 6.99. The summed E-state index contributed by atoms with van der Waals surface area (Å²) >= 11 is 0. The van der Waals surface area contributed by atoms with Gasteiger partial charge in [-0.25, -0.2) is 9.18 Å². The molecular weight excluding hydrogens is 540 g/mol. The topological polar surface area (TPSA) is 78.7 Å². The lowest BCUT2D eigenvalue weighted by Crippen LogP contribution is -2.36. The summed E-state index contributed by atoms with van der Waals surface area (Å²) in [4.78, 5) is 28.3. The van der Waals surface area contributed by atoms with Gasteiger partial charge in [0.2, 0.25) is 0 Å². The van der Waals surface area contributed by atoms with E-state index in [1.165, 1.54) is 24.3 Å². The number of carbonyl (C=O) groups excluding carboxylic acids is 1. The maximum atomic E-state index is 14.6. The van der Waals surface area contributed by atoms with Crippen molar-refractivity contribution in [2.24, 2.45) is 0 Å². The molecule has 7 nitrogen and oxygen atoms in total. The molecule has 1 atom stereocenters. The predicted octanol–water partition coefficient (Wildman–Crippen LogP) is 6.09. The van der Waals surface area contributed by atoms with E-state index >= 15 is 0 Å². The summed E-state index contributed by atoms with van der Waals surface area (Å²) in [6.07, 6.45) is 0.876. The summed E-state index contributed by atoms with van der Waals surface area (Å²) in [6, 6.07) is 9.54. The minimum atomic E-state index is -4.45. The number of aromatic carboxylic acids is 1. The Balaban J connectivity index is 1.16. The average Bonchev–Trinajstić information content (AvgIpc) is 3.50.